The summed E-state index contributed by atoms with van der Waals surface area (Å²) < 4.78 is 1.74. The number of nitrogens with zero attached hydrogens (tertiary/aromatic N) is 4. The maximum Gasteiger partial charge on any atom is 0.354 e. The first-order chi connectivity index (χ1) is 14.3. The second-order valence-electron chi connectivity index (χ2n) is 7.66. The van der Waals surface area contributed by atoms with Crippen molar-refractivity contribution < 1.29 is 9.90 Å². The van der Waals surface area contributed by atoms with Crippen LogP contribution in [0.4, 0.5) is 11.5 Å². The molecule has 0 aliphatic heterocycles. The Morgan fingerprint density at radius 3 is 2.20 bits per heavy atom. The number of carboxylic acids is 1. The van der Waals surface area contributed by atoms with Crippen molar-refractivity contribution in [3.8, 4) is 11.1 Å². The predicted molar refractivity (Wildman–Crippen MR) is 119 cm³/mol. The van der Waals surface area contributed by atoms with Crippen molar-refractivity contribution in [3.63, 3.8) is 0 Å². The monoisotopic (exact) mass is 400 g/mol. The molecule has 2 aromatic heterocycles. The predicted octanol–water partition coefficient (Wildman–Crippen LogP) is 5.10. The van der Waals surface area contributed by atoms with Gasteiger partial charge in [0.15, 0.2) is 11.3 Å². The number of fused-ring (bicyclic) bond motifs is 1. The van der Waals surface area contributed by atoms with E-state index in [2.05, 4.69) is 4.98 Å². The Morgan fingerprint density at radius 2 is 1.60 bits per heavy atom. The molecule has 1 N–H and O–H groups in total. The van der Waals surface area contributed by atoms with Gasteiger partial charge in [-0.2, -0.15) is 9.61 Å². The van der Waals surface area contributed by atoms with Gasteiger partial charge in [0.05, 0.1) is 11.3 Å². The van der Waals surface area contributed by atoms with E-state index in [4.69, 9.17) is 5.10 Å². The van der Waals surface area contributed by atoms with E-state index in [9.17, 15) is 9.90 Å². The number of benzene rings is 2. The maximum absolute atomic E-state index is 11.9. The van der Waals surface area contributed by atoms with E-state index in [-0.39, 0.29) is 5.69 Å². The summed E-state index contributed by atoms with van der Waals surface area (Å²) in [6.07, 6.45) is 0. The molecule has 0 atom stereocenters. The average Bonchev–Trinajstić information content (AvgIpc) is 3.03. The van der Waals surface area contributed by atoms with Crippen molar-refractivity contribution in [2.45, 2.75) is 27.7 Å². The highest BCUT2D eigenvalue weighted by molar-refractivity contribution is 5.91. The van der Waals surface area contributed by atoms with Gasteiger partial charge in [0.25, 0.3) is 0 Å². The number of aryl methyl sites for hydroxylation is 4. The van der Waals surface area contributed by atoms with Crippen LogP contribution < -0.4 is 4.90 Å². The molecule has 4 rings (SSSR count). The molecule has 30 heavy (non-hydrogen) atoms. The lowest BCUT2D eigenvalue weighted by Crippen LogP contribution is -2.16. The van der Waals surface area contributed by atoms with Crippen LogP contribution in [0.2, 0.25) is 0 Å². The van der Waals surface area contributed by atoms with Crippen LogP contribution >= 0.6 is 0 Å². The molecular formula is C24H24N4O2. The Balaban J connectivity index is 2.03. The Kier molecular flexibility index (Phi) is 4.78. The minimum Gasteiger partial charge on any atom is -0.477 e. The summed E-state index contributed by atoms with van der Waals surface area (Å²) in [6, 6.07) is 15.7. The van der Waals surface area contributed by atoms with Gasteiger partial charge in [-0.05, 0) is 56.5 Å². The number of aromatic carboxylic acids is 1. The second kappa shape index (κ2) is 7.30. The second-order valence-corrected chi connectivity index (χ2v) is 7.66. The topological polar surface area (TPSA) is 70.7 Å². The van der Waals surface area contributed by atoms with Gasteiger partial charge < -0.3 is 10.0 Å². The van der Waals surface area contributed by atoms with Crippen molar-refractivity contribution >= 4 is 23.1 Å². The molecule has 0 fully saturated rings. The number of hydrogen-bond acceptors (Lipinski definition) is 4. The van der Waals surface area contributed by atoms with Gasteiger partial charge >= 0.3 is 5.97 Å². The smallest absolute Gasteiger partial charge is 0.354 e. The van der Waals surface area contributed by atoms with Crippen molar-refractivity contribution in [1.29, 1.82) is 0 Å². The molecule has 0 saturated carbocycles. The van der Waals surface area contributed by atoms with Crippen LogP contribution in [0.5, 0.6) is 0 Å². The third kappa shape index (κ3) is 3.20. The van der Waals surface area contributed by atoms with Crippen LogP contribution in [0.15, 0.2) is 48.5 Å². The van der Waals surface area contributed by atoms with Crippen LogP contribution in [-0.2, 0) is 0 Å². The van der Waals surface area contributed by atoms with E-state index in [0.29, 0.717) is 11.5 Å². The summed E-state index contributed by atoms with van der Waals surface area (Å²) in [7, 11) is 1.90. The number of carboxylic acid groups (broad SMARTS) is 1. The molecule has 0 radical (unpaired) electrons. The standard InChI is InChI=1S/C24H24N4O2/c1-14-9-11-18(12-10-14)27(5)20-13-19(24(29)30)25-23-22(17(4)26-28(20)23)21-15(2)7-6-8-16(21)3/h6-13H,1-5H3,(H,29,30). The highest BCUT2D eigenvalue weighted by atomic mass is 16.4. The molecule has 0 saturated heterocycles. The van der Waals surface area contributed by atoms with Crippen LogP contribution in [0, 0.1) is 27.7 Å². The van der Waals surface area contributed by atoms with E-state index in [1.54, 1.807) is 10.6 Å². The largest absolute Gasteiger partial charge is 0.477 e. The summed E-state index contributed by atoms with van der Waals surface area (Å²) in [5.74, 6) is -0.427. The molecule has 0 aliphatic carbocycles. The third-order valence-electron chi connectivity index (χ3n) is 5.46. The SMILES string of the molecule is Cc1ccc(N(C)c2cc(C(=O)O)nc3c(-c4c(C)cccc4C)c(C)nn23)cc1. The molecule has 2 aromatic carbocycles. The Bertz CT molecular complexity index is 1250. The molecule has 4 aromatic rings. The molecule has 0 amide bonds. The van der Waals surface area contributed by atoms with Gasteiger partial charge in [-0.15, -0.1) is 0 Å². The number of aromatic nitrogens is 3. The molecule has 0 unspecified atom stereocenters. The van der Waals surface area contributed by atoms with Crippen molar-refractivity contribution in [1.82, 2.24) is 14.6 Å². The van der Waals surface area contributed by atoms with Gasteiger partial charge in [0.1, 0.15) is 5.82 Å². The van der Waals surface area contributed by atoms with Crippen molar-refractivity contribution in [2.24, 2.45) is 0 Å². The van der Waals surface area contributed by atoms with E-state index >= 15 is 0 Å². The van der Waals surface area contributed by atoms with Crippen molar-refractivity contribution in [2.75, 3.05) is 11.9 Å². The summed E-state index contributed by atoms with van der Waals surface area (Å²) >= 11 is 0. The first-order valence-electron chi connectivity index (χ1n) is 9.78. The number of rotatable bonds is 4. The van der Waals surface area contributed by atoms with Crippen LogP contribution in [0.25, 0.3) is 16.8 Å². The van der Waals surface area contributed by atoms with Gasteiger partial charge in [0, 0.05) is 18.8 Å². The molecule has 0 aliphatic rings. The highest BCUT2D eigenvalue weighted by Gasteiger charge is 2.22. The van der Waals surface area contributed by atoms with Gasteiger partial charge in [-0.25, -0.2) is 9.78 Å². The van der Waals surface area contributed by atoms with Crippen LogP contribution in [0.3, 0.4) is 0 Å². The Hall–Kier alpha value is -3.67. The first-order valence-corrected chi connectivity index (χ1v) is 9.78. The van der Waals surface area contributed by atoms with Crippen molar-refractivity contribution in [3.05, 3.63) is 76.6 Å². The highest BCUT2D eigenvalue weighted by Crippen LogP contribution is 2.35. The summed E-state index contributed by atoms with van der Waals surface area (Å²) in [4.78, 5) is 18.3. The van der Waals surface area contributed by atoms with E-state index in [1.165, 1.54) is 0 Å². The zero-order valence-corrected chi connectivity index (χ0v) is 17.8. The quantitative estimate of drug-likeness (QED) is 0.516. The average molecular weight is 400 g/mol. The summed E-state index contributed by atoms with van der Waals surface area (Å²) in [6.45, 7) is 8.06. The molecule has 2 heterocycles. The third-order valence-corrected chi connectivity index (χ3v) is 5.46. The molecule has 0 spiro atoms. The Morgan fingerprint density at radius 1 is 0.967 bits per heavy atom. The summed E-state index contributed by atoms with van der Waals surface area (Å²) in [5.41, 5.74) is 7.55. The van der Waals surface area contributed by atoms with E-state index in [1.807, 2.05) is 82.1 Å². The molecule has 6 heteroatoms. The fourth-order valence-electron chi connectivity index (χ4n) is 3.86. The minimum atomic E-state index is -1.07. The normalized spacial score (nSPS) is 11.1. The number of hydrogen-bond donors (Lipinski definition) is 1. The number of anilines is 2. The minimum absolute atomic E-state index is 0.0103. The molecule has 0 bridgehead atoms. The lowest BCUT2D eigenvalue weighted by Gasteiger charge is -2.21. The Labute approximate surface area is 175 Å². The van der Waals surface area contributed by atoms with Gasteiger partial charge in [-0.1, -0.05) is 35.9 Å². The van der Waals surface area contributed by atoms with Gasteiger partial charge in [-0.3, -0.25) is 0 Å². The molecular weight excluding hydrogens is 376 g/mol. The zero-order chi connectivity index (χ0) is 21.6. The molecule has 152 valence electrons. The van der Waals surface area contributed by atoms with Crippen LogP contribution in [-0.4, -0.2) is 32.7 Å². The lowest BCUT2D eigenvalue weighted by molar-refractivity contribution is 0.0690. The fraction of sp³-hybridized carbons (Fsp3) is 0.208. The van der Waals surface area contributed by atoms with E-state index < -0.39 is 5.97 Å². The summed E-state index contributed by atoms with van der Waals surface area (Å²) in [5, 5.41) is 14.5. The lowest BCUT2D eigenvalue weighted by atomic mass is 9.96. The fourth-order valence-corrected chi connectivity index (χ4v) is 3.86. The zero-order valence-electron chi connectivity index (χ0n) is 17.8. The molecule has 6 nitrogen and oxygen atoms in total. The first kappa shape index (κ1) is 19.6. The van der Waals surface area contributed by atoms with E-state index in [0.717, 1.165) is 39.2 Å². The number of carbonyl (C=O) groups is 1. The van der Waals surface area contributed by atoms with Crippen LogP contribution in [0.1, 0.15) is 32.9 Å². The van der Waals surface area contributed by atoms with Gasteiger partial charge in [0.2, 0.25) is 0 Å². The maximum atomic E-state index is 11.9.